The van der Waals surface area contributed by atoms with E-state index in [-0.39, 0.29) is 22.2 Å². The van der Waals surface area contributed by atoms with Crippen LogP contribution in [0.4, 0.5) is 8.78 Å². The van der Waals surface area contributed by atoms with Crippen LogP contribution in [0, 0.1) is 11.6 Å². The standard InChI is InChI=1S/C14H11ClF2OS/c15-9-5-6-10(12(17)7-9)13(18)8-19-14-4-2-1-3-11(14)16/h1-7,13,18H,8H2. The van der Waals surface area contributed by atoms with Crippen molar-refractivity contribution in [2.24, 2.45) is 0 Å². The van der Waals surface area contributed by atoms with Crippen LogP contribution in [0.3, 0.4) is 0 Å². The van der Waals surface area contributed by atoms with E-state index in [4.69, 9.17) is 11.6 Å². The smallest absolute Gasteiger partial charge is 0.136 e. The van der Waals surface area contributed by atoms with Gasteiger partial charge >= 0.3 is 0 Å². The Morgan fingerprint density at radius 2 is 1.84 bits per heavy atom. The molecule has 2 aromatic carbocycles. The third kappa shape index (κ3) is 3.69. The lowest BCUT2D eigenvalue weighted by Gasteiger charge is -2.12. The van der Waals surface area contributed by atoms with E-state index < -0.39 is 11.9 Å². The van der Waals surface area contributed by atoms with Crippen molar-refractivity contribution in [3.8, 4) is 0 Å². The molecule has 0 saturated heterocycles. The molecule has 0 spiro atoms. The molecule has 2 rings (SSSR count). The Labute approximate surface area is 119 Å². The van der Waals surface area contributed by atoms with Gasteiger partial charge in [-0.3, -0.25) is 0 Å². The Hall–Kier alpha value is -1.10. The minimum atomic E-state index is -1.01. The Morgan fingerprint density at radius 3 is 2.53 bits per heavy atom. The molecule has 0 aliphatic carbocycles. The van der Waals surface area contributed by atoms with Gasteiger partial charge in [0.15, 0.2) is 0 Å². The zero-order chi connectivity index (χ0) is 13.8. The highest BCUT2D eigenvalue weighted by Gasteiger charge is 2.14. The largest absolute Gasteiger partial charge is 0.387 e. The monoisotopic (exact) mass is 300 g/mol. The molecule has 1 nitrogen and oxygen atoms in total. The molecule has 1 atom stereocenters. The first-order valence-corrected chi connectivity index (χ1v) is 6.94. The summed E-state index contributed by atoms with van der Waals surface area (Å²) >= 11 is 6.78. The van der Waals surface area contributed by atoms with Gasteiger partial charge in [0.05, 0.1) is 6.10 Å². The van der Waals surface area contributed by atoms with Crippen LogP contribution in [0.5, 0.6) is 0 Å². The first-order valence-electron chi connectivity index (χ1n) is 5.58. The fourth-order valence-corrected chi connectivity index (χ4v) is 2.65. The fourth-order valence-electron chi connectivity index (χ4n) is 1.59. The highest BCUT2D eigenvalue weighted by Crippen LogP contribution is 2.28. The quantitative estimate of drug-likeness (QED) is 0.842. The van der Waals surface area contributed by atoms with Crippen LogP contribution in [0.1, 0.15) is 11.7 Å². The Balaban J connectivity index is 2.05. The van der Waals surface area contributed by atoms with Crippen molar-refractivity contribution in [2.45, 2.75) is 11.0 Å². The number of benzene rings is 2. The molecule has 0 saturated carbocycles. The van der Waals surface area contributed by atoms with Gasteiger partial charge in [-0.15, -0.1) is 11.8 Å². The Kier molecular flexibility index (Phi) is 4.80. The van der Waals surface area contributed by atoms with Crippen LogP contribution in [0.25, 0.3) is 0 Å². The topological polar surface area (TPSA) is 20.2 Å². The molecule has 1 N–H and O–H groups in total. The summed E-state index contributed by atoms with van der Waals surface area (Å²) in [5, 5.41) is 10.2. The molecule has 0 aromatic heterocycles. The Morgan fingerprint density at radius 1 is 1.11 bits per heavy atom. The average Bonchev–Trinajstić information content (AvgIpc) is 2.37. The molecule has 1 unspecified atom stereocenters. The van der Waals surface area contributed by atoms with Crippen molar-refractivity contribution in [2.75, 3.05) is 5.75 Å². The summed E-state index contributed by atoms with van der Waals surface area (Å²) in [7, 11) is 0. The molecule has 0 amide bonds. The molecular weight excluding hydrogens is 290 g/mol. The van der Waals surface area contributed by atoms with E-state index in [1.54, 1.807) is 18.2 Å². The van der Waals surface area contributed by atoms with Crippen LogP contribution >= 0.6 is 23.4 Å². The first-order chi connectivity index (χ1) is 9.08. The van der Waals surface area contributed by atoms with Gasteiger partial charge in [0, 0.05) is 21.2 Å². The van der Waals surface area contributed by atoms with Gasteiger partial charge in [0.2, 0.25) is 0 Å². The van der Waals surface area contributed by atoms with Crippen molar-refractivity contribution >= 4 is 23.4 Å². The molecule has 0 radical (unpaired) electrons. The van der Waals surface area contributed by atoms with E-state index in [0.717, 1.165) is 17.8 Å². The summed E-state index contributed by atoms with van der Waals surface area (Å²) in [5.74, 6) is -0.745. The van der Waals surface area contributed by atoms with Gasteiger partial charge in [-0.05, 0) is 24.3 Å². The second-order valence-electron chi connectivity index (χ2n) is 3.92. The molecule has 19 heavy (non-hydrogen) atoms. The van der Waals surface area contributed by atoms with Gasteiger partial charge in [0.25, 0.3) is 0 Å². The highest BCUT2D eigenvalue weighted by atomic mass is 35.5. The maximum atomic E-state index is 13.6. The number of thioether (sulfide) groups is 1. The van der Waals surface area contributed by atoms with E-state index in [1.165, 1.54) is 18.2 Å². The molecule has 0 aliphatic heterocycles. The van der Waals surface area contributed by atoms with Crippen molar-refractivity contribution < 1.29 is 13.9 Å². The van der Waals surface area contributed by atoms with Crippen molar-refractivity contribution in [1.82, 2.24) is 0 Å². The minimum absolute atomic E-state index is 0.160. The zero-order valence-electron chi connectivity index (χ0n) is 9.82. The average molecular weight is 301 g/mol. The predicted molar refractivity (Wildman–Crippen MR) is 73.5 cm³/mol. The number of rotatable bonds is 4. The SMILES string of the molecule is OC(CSc1ccccc1F)c1ccc(Cl)cc1F. The molecule has 0 bridgehead atoms. The normalized spacial score (nSPS) is 12.4. The maximum Gasteiger partial charge on any atom is 0.136 e. The van der Waals surface area contributed by atoms with E-state index in [1.807, 2.05) is 0 Å². The third-order valence-electron chi connectivity index (χ3n) is 2.55. The molecule has 5 heteroatoms. The zero-order valence-corrected chi connectivity index (χ0v) is 11.4. The van der Waals surface area contributed by atoms with Gasteiger partial charge < -0.3 is 5.11 Å². The van der Waals surface area contributed by atoms with Crippen LogP contribution in [-0.4, -0.2) is 10.9 Å². The number of aliphatic hydroxyl groups excluding tert-OH is 1. The van der Waals surface area contributed by atoms with Gasteiger partial charge in [-0.25, -0.2) is 8.78 Å². The number of hydrogen-bond acceptors (Lipinski definition) is 2. The van der Waals surface area contributed by atoms with Gasteiger partial charge in [-0.1, -0.05) is 29.8 Å². The van der Waals surface area contributed by atoms with E-state index in [2.05, 4.69) is 0 Å². The predicted octanol–water partition coefficient (Wildman–Crippen LogP) is 4.44. The summed E-state index contributed by atoms with van der Waals surface area (Å²) < 4.78 is 27.0. The van der Waals surface area contributed by atoms with Crippen LogP contribution < -0.4 is 0 Å². The highest BCUT2D eigenvalue weighted by molar-refractivity contribution is 7.99. The number of hydrogen-bond donors (Lipinski definition) is 1. The van der Waals surface area contributed by atoms with Crippen molar-refractivity contribution in [3.05, 3.63) is 64.7 Å². The van der Waals surface area contributed by atoms with Crippen LogP contribution in [0.15, 0.2) is 47.4 Å². The summed E-state index contributed by atoms with van der Waals surface area (Å²) in [6, 6.07) is 10.4. The van der Waals surface area contributed by atoms with E-state index in [9.17, 15) is 13.9 Å². The fraction of sp³-hybridized carbons (Fsp3) is 0.143. The van der Waals surface area contributed by atoms with Crippen molar-refractivity contribution in [1.29, 1.82) is 0 Å². The van der Waals surface area contributed by atoms with Crippen LogP contribution in [0.2, 0.25) is 5.02 Å². The molecule has 2 aromatic rings. The lowest BCUT2D eigenvalue weighted by atomic mass is 10.1. The Bertz CT molecular complexity index is 577. The summed E-state index contributed by atoms with van der Waals surface area (Å²) in [5.41, 5.74) is 0.160. The maximum absolute atomic E-state index is 13.6. The molecule has 0 fully saturated rings. The van der Waals surface area contributed by atoms with Crippen molar-refractivity contribution in [3.63, 3.8) is 0 Å². The van der Waals surface area contributed by atoms with Gasteiger partial charge in [-0.2, -0.15) is 0 Å². The molecular formula is C14H11ClF2OS. The van der Waals surface area contributed by atoms with Crippen LogP contribution in [-0.2, 0) is 0 Å². The van der Waals surface area contributed by atoms with E-state index in [0.29, 0.717) is 4.90 Å². The summed E-state index contributed by atoms with van der Waals surface area (Å²) in [4.78, 5) is 0.427. The molecule has 100 valence electrons. The summed E-state index contributed by atoms with van der Waals surface area (Å²) in [6.45, 7) is 0. The molecule has 0 aliphatic rings. The number of halogens is 3. The van der Waals surface area contributed by atoms with Gasteiger partial charge in [0.1, 0.15) is 11.6 Å². The lowest BCUT2D eigenvalue weighted by Crippen LogP contribution is -2.03. The molecule has 0 heterocycles. The van der Waals surface area contributed by atoms with E-state index >= 15 is 0 Å². The third-order valence-corrected chi connectivity index (χ3v) is 3.91. The second kappa shape index (κ2) is 6.37. The minimum Gasteiger partial charge on any atom is -0.387 e. The number of aliphatic hydroxyl groups is 1. The lowest BCUT2D eigenvalue weighted by molar-refractivity contribution is 0.199. The summed E-state index contributed by atoms with van der Waals surface area (Å²) in [6.07, 6.45) is -1.01. The second-order valence-corrected chi connectivity index (χ2v) is 5.42. The first kappa shape index (κ1) is 14.3.